The molecule has 0 aromatic heterocycles. The van der Waals surface area contributed by atoms with Crippen LogP contribution in [0.4, 0.5) is 0 Å². The van der Waals surface area contributed by atoms with E-state index in [4.69, 9.17) is 4.74 Å². The molecule has 9 unspecified atom stereocenters. The van der Waals surface area contributed by atoms with Crippen LogP contribution in [0.15, 0.2) is 36.0 Å². The summed E-state index contributed by atoms with van der Waals surface area (Å²) in [4.78, 5) is 12.9. The summed E-state index contributed by atoms with van der Waals surface area (Å²) in [6.07, 6.45) is 50.2. The van der Waals surface area contributed by atoms with Gasteiger partial charge in [0.1, 0.15) is 6.10 Å². The number of hydrogen-bond acceptors (Lipinski definition) is 2. The minimum Gasteiger partial charge on any atom is -0.462 e. The van der Waals surface area contributed by atoms with Crippen LogP contribution in [0.2, 0.25) is 0 Å². The van der Waals surface area contributed by atoms with E-state index in [0.29, 0.717) is 29.1 Å². The quantitative estimate of drug-likeness (QED) is 0.0473. The van der Waals surface area contributed by atoms with Crippen LogP contribution in [0.5, 0.6) is 0 Å². The molecule has 0 bridgehead atoms. The number of hydrogen-bond donors (Lipinski definition) is 0. The average Bonchev–Trinajstić information content (AvgIpc) is 3.53. The molecule has 0 radical (unpaired) electrons. The lowest BCUT2D eigenvalue weighted by molar-refractivity contribution is -0.151. The third-order valence-electron chi connectivity index (χ3n) is 16.2. The van der Waals surface area contributed by atoms with Crippen LogP contribution in [0.3, 0.4) is 0 Å². The second kappa shape index (κ2) is 24.6. The Kier molecular flexibility index (Phi) is 20.7. The van der Waals surface area contributed by atoms with Gasteiger partial charge in [-0.2, -0.15) is 0 Å². The fourth-order valence-corrected chi connectivity index (χ4v) is 12.6. The summed E-state index contributed by atoms with van der Waals surface area (Å²) in [5.41, 5.74) is 2.44. The number of carbonyl (C=O) groups is 1. The zero-order chi connectivity index (χ0) is 39.5. The predicted octanol–water partition coefficient (Wildman–Crippen LogP) is 16.7. The SMILES string of the molecule is CCCCCCCC/C=C/CCCCCCCCCCCCCC(=O)OC1CCC2(C)C(=CCC3C2CCC2(C)C(C(C)/C=C/C(CC)C(C)C)CCC32)C1. The molecule has 0 saturated heterocycles. The molecule has 0 aliphatic heterocycles. The molecule has 0 amide bonds. The van der Waals surface area contributed by atoms with E-state index in [9.17, 15) is 4.79 Å². The average molecular weight is 761 g/mol. The lowest BCUT2D eigenvalue weighted by atomic mass is 9.47. The molecule has 2 heteroatoms. The highest BCUT2D eigenvalue weighted by Gasteiger charge is 2.59. The normalized spacial score (nSPS) is 30.3. The predicted molar refractivity (Wildman–Crippen MR) is 239 cm³/mol. The Labute approximate surface area is 343 Å². The highest BCUT2D eigenvalue weighted by molar-refractivity contribution is 5.69. The van der Waals surface area contributed by atoms with Gasteiger partial charge in [0.25, 0.3) is 0 Å². The zero-order valence-corrected chi connectivity index (χ0v) is 37.8. The Bertz CT molecular complexity index is 1160. The molecule has 0 N–H and O–H groups in total. The van der Waals surface area contributed by atoms with E-state index in [-0.39, 0.29) is 12.1 Å². The Hall–Kier alpha value is -1.31. The molecule has 3 fully saturated rings. The number of fused-ring (bicyclic) bond motifs is 5. The lowest BCUT2D eigenvalue weighted by Gasteiger charge is -2.58. The Morgan fingerprint density at radius 2 is 1.33 bits per heavy atom. The van der Waals surface area contributed by atoms with Crippen LogP contribution in [0.25, 0.3) is 0 Å². The summed E-state index contributed by atoms with van der Waals surface area (Å²) < 4.78 is 6.16. The molecule has 316 valence electrons. The van der Waals surface area contributed by atoms with Gasteiger partial charge in [-0.15, -0.1) is 0 Å². The number of rotatable bonds is 27. The summed E-state index contributed by atoms with van der Waals surface area (Å²) in [7, 11) is 0. The minimum absolute atomic E-state index is 0.0587. The number of unbranched alkanes of at least 4 members (excludes halogenated alkanes) is 17. The van der Waals surface area contributed by atoms with Crippen LogP contribution in [-0.2, 0) is 9.53 Å². The topological polar surface area (TPSA) is 26.3 Å². The molecular weight excluding hydrogens is 669 g/mol. The van der Waals surface area contributed by atoms with Gasteiger partial charge in [0.05, 0.1) is 0 Å². The van der Waals surface area contributed by atoms with E-state index in [1.54, 1.807) is 5.57 Å². The Morgan fingerprint density at radius 1 is 0.727 bits per heavy atom. The molecule has 0 aromatic rings. The number of ether oxygens (including phenoxy) is 1. The van der Waals surface area contributed by atoms with E-state index in [2.05, 4.69) is 78.8 Å². The number of carbonyl (C=O) groups excluding carboxylic acids is 1. The first kappa shape index (κ1) is 46.4. The highest BCUT2D eigenvalue weighted by Crippen LogP contribution is 2.67. The first-order valence-electron chi connectivity index (χ1n) is 24.9. The van der Waals surface area contributed by atoms with Crippen molar-refractivity contribution in [2.75, 3.05) is 0 Å². The van der Waals surface area contributed by atoms with Gasteiger partial charge in [-0.3, -0.25) is 4.79 Å². The van der Waals surface area contributed by atoms with Crippen molar-refractivity contribution >= 4 is 5.97 Å². The van der Waals surface area contributed by atoms with Crippen LogP contribution in [-0.4, -0.2) is 12.1 Å². The fraction of sp³-hybridized carbons (Fsp3) is 0.868. The summed E-state index contributed by atoms with van der Waals surface area (Å²) >= 11 is 0. The van der Waals surface area contributed by atoms with E-state index in [0.717, 1.165) is 48.9 Å². The fourth-order valence-electron chi connectivity index (χ4n) is 12.6. The van der Waals surface area contributed by atoms with Gasteiger partial charge in [0.15, 0.2) is 0 Å². The number of allylic oxidation sites excluding steroid dienone is 5. The Morgan fingerprint density at radius 3 is 1.93 bits per heavy atom. The van der Waals surface area contributed by atoms with Gasteiger partial charge in [-0.1, -0.05) is 174 Å². The second-order valence-electron chi connectivity index (χ2n) is 20.4. The van der Waals surface area contributed by atoms with Crippen molar-refractivity contribution in [2.24, 2.45) is 52.3 Å². The maximum absolute atomic E-state index is 12.9. The van der Waals surface area contributed by atoms with Gasteiger partial charge >= 0.3 is 5.97 Å². The smallest absolute Gasteiger partial charge is 0.306 e. The molecule has 3 saturated carbocycles. The van der Waals surface area contributed by atoms with Crippen molar-refractivity contribution in [1.82, 2.24) is 0 Å². The van der Waals surface area contributed by atoms with Crippen LogP contribution in [0.1, 0.15) is 235 Å². The molecule has 0 heterocycles. The third-order valence-corrected chi connectivity index (χ3v) is 16.2. The number of esters is 1. The van der Waals surface area contributed by atoms with Crippen molar-refractivity contribution in [3.63, 3.8) is 0 Å². The first-order valence-corrected chi connectivity index (χ1v) is 24.9. The van der Waals surface area contributed by atoms with Crippen molar-refractivity contribution in [1.29, 1.82) is 0 Å². The van der Waals surface area contributed by atoms with E-state index >= 15 is 0 Å². The third kappa shape index (κ3) is 13.9. The highest BCUT2D eigenvalue weighted by atomic mass is 16.5. The molecule has 4 aliphatic rings. The summed E-state index contributed by atoms with van der Waals surface area (Å²) in [5.74, 6) is 5.54. The largest absolute Gasteiger partial charge is 0.462 e. The summed E-state index contributed by atoms with van der Waals surface area (Å²) in [5, 5.41) is 0. The van der Waals surface area contributed by atoms with E-state index in [1.807, 2.05) is 0 Å². The molecule has 0 spiro atoms. The van der Waals surface area contributed by atoms with Crippen molar-refractivity contribution < 1.29 is 9.53 Å². The van der Waals surface area contributed by atoms with Crippen molar-refractivity contribution in [3.05, 3.63) is 36.0 Å². The minimum atomic E-state index is 0.0587. The summed E-state index contributed by atoms with van der Waals surface area (Å²) in [6.45, 7) is 17.2. The molecular formula is C53H92O2. The molecule has 9 atom stereocenters. The van der Waals surface area contributed by atoms with Crippen molar-refractivity contribution in [3.8, 4) is 0 Å². The molecule has 55 heavy (non-hydrogen) atoms. The monoisotopic (exact) mass is 761 g/mol. The van der Waals surface area contributed by atoms with Gasteiger partial charge in [-0.05, 0) is 136 Å². The molecule has 4 aliphatic carbocycles. The summed E-state index contributed by atoms with van der Waals surface area (Å²) in [6, 6.07) is 0. The van der Waals surface area contributed by atoms with Crippen LogP contribution >= 0.6 is 0 Å². The molecule has 4 rings (SSSR count). The van der Waals surface area contributed by atoms with Gasteiger partial charge < -0.3 is 4.74 Å². The van der Waals surface area contributed by atoms with Crippen LogP contribution < -0.4 is 0 Å². The van der Waals surface area contributed by atoms with Gasteiger partial charge in [-0.25, -0.2) is 0 Å². The van der Waals surface area contributed by atoms with Gasteiger partial charge in [0.2, 0.25) is 0 Å². The van der Waals surface area contributed by atoms with E-state index < -0.39 is 0 Å². The maximum Gasteiger partial charge on any atom is 0.306 e. The lowest BCUT2D eigenvalue weighted by Crippen LogP contribution is -2.51. The van der Waals surface area contributed by atoms with E-state index in [1.165, 1.54) is 161 Å². The maximum atomic E-state index is 12.9. The Balaban J connectivity index is 1.04. The van der Waals surface area contributed by atoms with Gasteiger partial charge in [0, 0.05) is 12.8 Å². The standard InChI is InChI=1S/C53H92O2/c1-8-10-11-12-13-14-15-16-17-18-19-20-21-22-23-24-25-26-27-28-29-30-51(54)55-46-37-39-52(6)45(41-46)33-34-47-49-36-35-48(53(49,7)40-38-50(47)52)43(5)31-32-44(9-2)42(3)4/h16-17,31-33,42-44,46-50H,8-15,18-30,34-41H2,1-7H3/b17-16+,32-31+. The first-order chi connectivity index (χ1) is 26.6. The van der Waals surface area contributed by atoms with Crippen molar-refractivity contribution in [2.45, 2.75) is 241 Å². The second-order valence-corrected chi connectivity index (χ2v) is 20.4. The molecule has 0 aromatic carbocycles. The molecule has 2 nitrogen and oxygen atoms in total. The zero-order valence-electron chi connectivity index (χ0n) is 37.8. The van der Waals surface area contributed by atoms with Crippen LogP contribution in [0, 0.1) is 52.3 Å².